The lowest BCUT2D eigenvalue weighted by molar-refractivity contribution is 0.0588. The highest BCUT2D eigenvalue weighted by Crippen LogP contribution is 2.17. The van der Waals surface area contributed by atoms with Gasteiger partial charge in [0.1, 0.15) is 6.61 Å². The van der Waals surface area contributed by atoms with Crippen molar-refractivity contribution in [2.24, 2.45) is 0 Å². The van der Waals surface area contributed by atoms with Crippen LogP contribution in [0.2, 0.25) is 0 Å². The fourth-order valence-corrected chi connectivity index (χ4v) is 1.82. The maximum Gasteiger partial charge on any atom is 0.410 e. The maximum absolute atomic E-state index is 11.6. The van der Waals surface area contributed by atoms with Gasteiger partial charge in [-0.05, 0) is 12.8 Å². The molecule has 2 N–H and O–H groups in total. The van der Waals surface area contributed by atoms with Gasteiger partial charge in [-0.15, -0.1) is 0 Å². The van der Waals surface area contributed by atoms with Crippen molar-refractivity contribution in [3.05, 3.63) is 0 Å². The molecule has 0 spiro atoms. The highest BCUT2D eigenvalue weighted by molar-refractivity contribution is 5.68. The predicted octanol–water partition coefficient (Wildman–Crippen LogP) is 0.352. The molecule has 0 aromatic carbocycles. The third kappa shape index (κ3) is 3.68. The minimum atomic E-state index is -0.426. The Morgan fingerprint density at radius 3 is 2.80 bits per heavy atom. The van der Waals surface area contributed by atoms with Crippen molar-refractivity contribution in [1.82, 2.24) is 4.90 Å². The number of rotatable bonds is 3. The van der Waals surface area contributed by atoms with Gasteiger partial charge in [-0.1, -0.05) is 12.8 Å². The molecule has 0 saturated carbocycles. The SMILES string of the molecule is O=C(OCCO)N1CCCCCC1CO. The number of ether oxygens (including phenoxy) is 1. The average molecular weight is 217 g/mol. The fraction of sp³-hybridized carbons (Fsp3) is 0.900. The Kier molecular flexibility index (Phi) is 5.42. The van der Waals surface area contributed by atoms with Crippen molar-refractivity contribution in [3.8, 4) is 0 Å². The lowest BCUT2D eigenvalue weighted by atomic mass is 10.1. The minimum absolute atomic E-state index is 0.0196. The molecular formula is C10H19NO4. The maximum atomic E-state index is 11.6. The monoisotopic (exact) mass is 217 g/mol. The number of nitrogens with zero attached hydrogens (tertiary/aromatic N) is 1. The smallest absolute Gasteiger partial charge is 0.410 e. The van der Waals surface area contributed by atoms with E-state index in [4.69, 9.17) is 14.9 Å². The number of carbonyl (C=O) groups excluding carboxylic acids is 1. The second kappa shape index (κ2) is 6.63. The van der Waals surface area contributed by atoms with E-state index in [9.17, 15) is 4.79 Å². The second-order valence-corrected chi connectivity index (χ2v) is 3.72. The number of hydrogen-bond acceptors (Lipinski definition) is 4. The van der Waals surface area contributed by atoms with Gasteiger partial charge in [-0.3, -0.25) is 0 Å². The van der Waals surface area contributed by atoms with E-state index < -0.39 is 6.09 Å². The predicted molar refractivity (Wildman–Crippen MR) is 54.5 cm³/mol. The van der Waals surface area contributed by atoms with Gasteiger partial charge in [0.05, 0.1) is 19.3 Å². The summed E-state index contributed by atoms with van der Waals surface area (Å²) in [4.78, 5) is 13.1. The summed E-state index contributed by atoms with van der Waals surface area (Å²) < 4.78 is 4.84. The molecule has 15 heavy (non-hydrogen) atoms. The van der Waals surface area contributed by atoms with E-state index >= 15 is 0 Å². The second-order valence-electron chi connectivity index (χ2n) is 3.72. The third-order valence-corrected chi connectivity index (χ3v) is 2.64. The van der Waals surface area contributed by atoms with E-state index in [0.29, 0.717) is 6.54 Å². The lowest BCUT2D eigenvalue weighted by Gasteiger charge is -2.27. The van der Waals surface area contributed by atoms with Gasteiger partial charge in [-0.25, -0.2) is 4.79 Å². The molecule has 0 bridgehead atoms. The quantitative estimate of drug-likeness (QED) is 0.715. The highest BCUT2D eigenvalue weighted by atomic mass is 16.6. The van der Waals surface area contributed by atoms with Gasteiger partial charge in [-0.2, -0.15) is 0 Å². The van der Waals surface area contributed by atoms with Crippen LogP contribution in [0.25, 0.3) is 0 Å². The highest BCUT2D eigenvalue weighted by Gasteiger charge is 2.25. The molecule has 1 fully saturated rings. The number of amides is 1. The molecule has 1 unspecified atom stereocenters. The van der Waals surface area contributed by atoms with Crippen LogP contribution in [0, 0.1) is 0 Å². The van der Waals surface area contributed by atoms with Crippen LogP contribution in [0.3, 0.4) is 0 Å². The van der Waals surface area contributed by atoms with Gasteiger partial charge in [0, 0.05) is 6.54 Å². The lowest BCUT2D eigenvalue weighted by Crippen LogP contribution is -2.42. The largest absolute Gasteiger partial charge is 0.447 e. The van der Waals surface area contributed by atoms with Crippen LogP contribution < -0.4 is 0 Å². The van der Waals surface area contributed by atoms with Crippen LogP contribution in [0.4, 0.5) is 4.79 Å². The minimum Gasteiger partial charge on any atom is -0.447 e. The zero-order chi connectivity index (χ0) is 11.1. The van der Waals surface area contributed by atoms with Gasteiger partial charge in [0.25, 0.3) is 0 Å². The van der Waals surface area contributed by atoms with Gasteiger partial charge in [0.15, 0.2) is 0 Å². The number of aliphatic hydroxyl groups excluding tert-OH is 2. The average Bonchev–Trinajstić information content (AvgIpc) is 2.50. The summed E-state index contributed by atoms with van der Waals surface area (Å²) >= 11 is 0. The molecule has 1 rings (SSSR count). The van der Waals surface area contributed by atoms with E-state index in [1.807, 2.05) is 0 Å². The molecule has 1 heterocycles. The molecule has 0 aromatic heterocycles. The summed E-state index contributed by atoms with van der Waals surface area (Å²) in [6.45, 7) is 0.473. The molecule has 1 atom stereocenters. The zero-order valence-corrected chi connectivity index (χ0v) is 8.89. The normalized spacial score (nSPS) is 22.3. The molecule has 0 aromatic rings. The number of hydrogen-bond donors (Lipinski definition) is 2. The van der Waals surface area contributed by atoms with Crippen molar-refractivity contribution in [2.45, 2.75) is 31.7 Å². The first-order valence-corrected chi connectivity index (χ1v) is 5.44. The molecular weight excluding hydrogens is 198 g/mol. The summed E-state index contributed by atoms with van der Waals surface area (Å²) in [7, 11) is 0. The summed E-state index contributed by atoms with van der Waals surface area (Å²) in [6.07, 6.45) is 3.47. The summed E-state index contributed by atoms with van der Waals surface area (Å²) in [5.41, 5.74) is 0. The molecule has 0 aliphatic carbocycles. The molecule has 5 heteroatoms. The van der Waals surface area contributed by atoms with Crippen LogP contribution >= 0.6 is 0 Å². The first kappa shape index (κ1) is 12.3. The first-order chi connectivity index (χ1) is 7.29. The fourth-order valence-electron chi connectivity index (χ4n) is 1.82. The van der Waals surface area contributed by atoms with Crippen LogP contribution in [-0.2, 0) is 4.74 Å². The number of carbonyl (C=O) groups is 1. The van der Waals surface area contributed by atoms with E-state index in [-0.39, 0.29) is 25.9 Å². The van der Waals surface area contributed by atoms with E-state index in [2.05, 4.69) is 0 Å². The summed E-state index contributed by atoms with van der Waals surface area (Å²) in [5, 5.41) is 17.7. The molecule has 1 saturated heterocycles. The van der Waals surface area contributed by atoms with E-state index in [1.54, 1.807) is 4.90 Å². The van der Waals surface area contributed by atoms with Crippen LogP contribution in [0.5, 0.6) is 0 Å². The summed E-state index contributed by atoms with van der Waals surface area (Å²) in [5.74, 6) is 0. The Hall–Kier alpha value is -0.810. The van der Waals surface area contributed by atoms with Crippen molar-refractivity contribution in [1.29, 1.82) is 0 Å². The summed E-state index contributed by atoms with van der Waals surface area (Å²) in [6, 6.07) is -0.126. The number of aliphatic hydroxyl groups is 2. The van der Waals surface area contributed by atoms with Crippen molar-refractivity contribution < 1.29 is 19.7 Å². The molecule has 88 valence electrons. The van der Waals surface area contributed by atoms with E-state index in [1.165, 1.54) is 0 Å². The number of likely N-dealkylation sites (tertiary alicyclic amines) is 1. The standard InChI is InChI=1S/C10H19NO4/c12-6-7-15-10(14)11-5-3-1-2-4-9(11)8-13/h9,12-13H,1-8H2. The Bertz CT molecular complexity index is 198. The van der Waals surface area contributed by atoms with Gasteiger partial charge >= 0.3 is 6.09 Å². The topological polar surface area (TPSA) is 70.0 Å². The molecule has 1 aliphatic rings. The molecule has 1 amide bonds. The Balaban J connectivity index is 2.49. The van der Waals surface area contributed by atoms with Crippen LogP contribution in [-0.4, -0.2) is 53.6 Å². The first-order valence-electron chi connectivity index (χ1n) is 5.44. The van der Waals surface area contributed by atoms with Gasteiger partial charge in [0.2, 0.25) is 0 Å². The Labute approximate surface area is 89.6 Å². The Morgan fingerprint density at radius 1 is 1.33 bits per heavy atom. The molecule has 1 aliphatic heterocycles. The molecule has 0 radical (unpaired) electrons. The van der Waals surface area contributed by atoms with Gasteiger partial charge < -0.3 is 19.8 Å². The van der Waals surface area contributed by atoms with Crippen LogP contribution in [0.1, 0.15) is 25.7 Å². The van der Waals surface area contributed by atoms with Crippen molar-refractivity contribution in [2.75, 3.05) is 26.4 Å². The van der Waals surface area contributed by atoms with Crippen molar-refractivity contribution in [3.63, 3.8) is 0 Å². The van der Waals surface area contributed by atoms with Crippen molar-refractivity contribution >= 4 is 6.09 Å². The van der Waals surface area contributed by atoms with E-state index in [0.717, 1.165) is 25.7 Å². The van der Waals surface area contributed by atoms with Crippen LogP contribution in [0.15, 0.2) is 0 Å². The molecule has 5 nitrogen and oxygen atoms in total. The Morgan fingerprint density at radius 2 is 2.13 bits per heavy atom. The third-order valence-electron chi connectivity index (χ3n) is 2.64. The zero-order valence-electron chi connectivity index (χ0n) is 8.89.